The smallest absolute Gasteiger partial charge is 0.293 e. The van der Waals surface area contributed by atoms with Crippen molar-refractivity contribution in [3.63, 3.8) is 0 Å². The Labute approximate surface area is 150 Å². The Morgan fingerprint density at radius 2 is 2.04 bits per heavy atom. The SMILES string of the molecule is CC(Nc1ccc(C(=O)NC2CC2)cc1[N+](=O)[O-])c1cccc(Cl)c1. The summed E-state index contributed by atoms with van der Waals surface area (Å²) in [7, 11) is 0. The molecule has 0 bridgehead atoms. The minimum absolute atomic E-state index is 0.127. The monoisotopic (exact) mass is 359 g/mol. The average Bonchev–Trinajstić information content (AvgIpc) is 3.38. The van der Waals surface area contributed by atoms with Crippen LogP contribution in [0.1, 0.15) is 41.7 Å². The highest BCUT2D eigenvalue weighted by atomic mass is 35.5. The van der Waals surface area contributed by atoms with Crippen LogP contribution in [0.5, 0.6) is 0 Å². The number of anilines is 1. The Morgan fingerprint density at radius 1 is 1.28 bits per heavy atom. The van der Waals surface area contributed by atoms with Gasteiger partial charge in [0, 0.05) is 28.7 Å². The Hall–Kier alpha value is -2.60. The van der Waals surface area contributed by atoms with Crippen molar-refractivity contribution in [2.45, 2.75) is 31.8 Å². The average molecular weight is 360 g/mol. The van der Waals surface area contributed by atoms with E-state index in [-0.39, 0.29) is 23.7 Å². The van der Waals surface area contributed by atoms with Crippen LogP contribution in [-0.4, -0.2) is 16.9 Å². The Morgan fingerprint density at radius 3 is 2.68 bits per heavy atom. The van der Waals surface area contributed by atoms with Gasteiger partial charge < -0.3 is 10.6 Å². The summed E-state index contributed by atoms with van der Waals surface area (Å²) in [6.45, 7) is 1.89. The quantitative estimate of drug-likeness (QED) is 0.594. The number of amides is 1. The van der Waals surface area contributed by atoms with Crippen LogP contribution >= 0.6 is 11.6 Å². The molecule has 2 aromatic rings. The molecule has 0 aromatic heterocycles. The van der Waals surface area contributed by atoms with Crippen molar-refractivity contribution in [1.82, 2.24) is 5.32 Å². The summed E-state index contributed by atoms with van der Waals surface area (Å²) in [5.41, 5.74) is 1.44. The Kier molecular flexibility index (Phi) is 4.90. The molecule has 0 aliphatic heterocycles. The third-order valence-electron chi connectivity index (χ3n) is 4.09. The first kappa shape index (κ1) is 17.2. The molecule has 0 radical (unpaired) electrons. The maximum Gasteiger partial charge on any atom is 0.293 e. The Balaban J connectivity index is 1.82. The second kappa shape index (κ2) is 7.11. The molecule has 1 unspecified atom stereocenters. The lowest BCUT2D eigenvalue weighted by molar-refractivity contribution is -0.384. The molecule has 0 saturated heterocycles. The molecule has 1 aliphatic carbocycles. The van der Waals surface area contributed by atoms with Crippen LogP contribution in [-0.2, 0) is 0 Å². The van der Waals surface area contributed by atoms with Crippen molar-refractivity contribution < 1.29 is 9.72 Å². The minimum Gasteiger partial charge on any atom is -0.373 e. The van der Waals surface area contributed by atoms with Gasteiger partial charge >= 0.3 is 0 Å². The highest BCUT2D eigenvalue weighted by molar-refractivity contribution is 6.30. The fourth-order valence-corrected chi connectivity index (χ4v) is 2.73. The van der Waals surface area contributed by atoms with Crippen molar-refractivity contribution in [3.8, 4) is 0 Å². The molecule has 3 rings (SSSR count). The molecule has 130 valence electrons. The first-order valence-corrected chi connectivity index (χ1v) is 8.43. The first-order chi connectivity index (χ1) is 11.9. The largest absolute Gasteiger partial charge is 0.373 e. The van der Waals surface area contributed by atoms with Crippen LogP contribution in [0.2, 0.25) is 5.02 Å². The topological polar surface area (TPSA) is 84.3 Å². The summed E-state index contributed by atoms with van der Waals surface area (Å²) in [4.78, 5) is 23.0. The molecule has 1 saturated carbocycles. The third-order valence-corrected chi connectivity index (χ3v) is 4.32. The number of halogens is 1. The van der Waals surface area contributed by atoms with Crippen molar-refractivity contribution in [3.05, 3.63) is 68.7 Å². The van der Waals surface area contributed by atoms with E-state index in [1.807, 2.05) is 25.1 Å². The van der Waals surface area contributed by atoms with Crippen LogP contribution < -0.4 is 10.6 Å². The fraction of sp³-hybridized carbons (Fsp3) is 0.278. The predicted molar refractivity (Wildman–Crippen MR) is 97.1 cm³/mol. The molecule has 7 heteroatoms. The molecule has 0 heterocycles. The van der Waals surface area contributed by atoms with Crippen LogP contribution in [0.4, 0.5) is 11.4 Å². The van der Waals surface area contributed by atoms with E-state index in [0.717, 1.165) is 18.4 Å². The number of rotatable bonds is 6. The fourth-order valence-electron chi connectivity index (χ4n) is 2.53. The number of nitrogens with zero attached hydrogens (tertiary/aromatic N) is 1. The highest BCUT2D eigenvalue weighted by Gasteiger charge is 2.25. The van der Waals surface area contributed by atoms with Gasteiger partial charge in [-0.1, -0.05) is 23.7 Å². The minimum atomic E-state index is -0.485. The number of nitro groups is 1. The molecule has 1 aliphatic rings. The first-order valence-electron chi connectivity index (χ1n) is 8.05. The van der Waals surface area contributed by atoms with E-state index >= 15 is 0 Å². The number of carbonyl (C=O) groups is 1. The summed E-state index contributed by atoms with van der Waals surface area (Å²) in [6.07, 6.45) is 1.93. The molecular formula is C18H18ClN3O3. The summed E-state index contributed by atoms with van der Waals surface area (Å²) in [6, 6.07) is 11.8. The number of nitro benzene ring substituents is 1. The lowest BCUT2D eigenvalue weighted by Gasteiger charge is -2.16. The zero-order chi connectivity index (χ0) is 18.0. The summed E-state index contributed by atoms with van der Waals surface area (Å²) in [5.74, 6) is -0.278. The van der Waals surface area contributed by atoms with E-state index in [4.69, 9.17) is 11.6 Å². The molecule has 25 heavy (non-hydrogen) atoms. The number of nitrogens with one attached hydrogen (secondary N) is 2. The number of hydrogen-bond donors (Lipinski definition) is 2. The van der Waals surface area contributed by atoms with E-state index in [0.29, 0.717) is 16.3 Å². The summed E-state index contributed by atoms with van der Waals surface area (Å²) in [5, 5.41) is 18.0. The lowest BCUT2D eigenvalue weighted by atomic mass is 10.1. The van der Waals surface area contributed by atoms with Crippen molar-refractivity contribution in [1.29, 1.82) is 0 Å². The summed E-state index contributed by atoms with van der Waals surface area (Å²) < 4.78 is 0. The maximum atomic E-state index is 12.1. The zero-order valence-electron chi connectivity index (χ0n) is 13.7. The van der Waals surface area contributed by atoms with Gasteiger partial charge in [-0.3, -0.25) is 14.9 Å². The molecule has 1 amide bonds. The molecule has 0 spiro atoms. The van der Waals surface area contributed by atoms with Crippen LogP contribution in [0, 0.1) is 10.1 Å². The van der Waals surface area contributed by atoms with Crippen LogP contribution in [0.25, 0.3) is 0 Å². The van der Waals surface area contributed by atoms with E-state index in [1.165, 1.54) is 6.07 Å². The molecule has 6 nitrogen and oxygen atoms in total. The Bertz CT molecular complexity index is 821. The van der Waals surface area contributed by atoms with Crippen molar-refractivity contribution >= 4 is 28.9 Å². The lowest BCUT2D eigenvalue weighted by Crippen LogP contribution is -2.25. The molecule has 1 fully saturated rings. The van der Waals surface area contributed by atoms with Gasteiger partial charge in [-0.25, -0.2) is 0 Å². The molecule has 2 aromatic carbocycles. The van der Waals surface area contributed by atoms with E-state index in [9.17, 15) is 14.9 Å². The van der Waals surface area contributed by atoms with Gasteiger partial charge in [0.25, 0.3) is 11.6 Å². The number of hydrogen-bond acceptors (Lipinski definition) is 4. The van der Waals surface area contributed by atoms with Crippen LogP contribution in [0.3, 0.4) is 0 Å². The molecular weight excluding hydrogens is 342 g/mol. The van der Waals surface area contributed by atoms with Gasteiger partial charge in [0.05, 0.1) is 4.92 Å². The zero-order valence-corrected chi connectivity index (χ0v) is 14.4. The van der Waals surface area contributed by atoms with Crippen molar-refractivity contribution in [2.75, 3.05) is 5.32 Å². The second-order valence-electron chi connectivity index (χ2n) is 6.16. The third kappa shape index (κ3) is 4.28. The second-order valence-corrected chi connectivity index (χ2v) is 6.59. The van der Waals surface area contributed by atoms with Gasteiger partial charge in [-0.2, -0.15) is 0 Å². The van der Waals surface area contributed by atoms with E-state index in [2.05, 4.69) is 10.6 Å². The predicted octanol–water partition coefficient (Wildman–Crippen LogP) is 4.31. The standard InChI is InChI=1S/C18H18ClN3O3/c1-11(12-3-2-4-14(19)9-12)20-16-8-5-13(10-17(16)22(24)25)18(23)21-15-6-7-15/h2-5,8-11,15,20H,6-7H2,1H3,(H,21,23). The van der Waals surface area contributed by atoms with Gasteiger partial charge in [-0.15, -0.1) is 0 Å². The van der Waals surface area contributed by atoms with Gasteiger partial charge in [0.2, 0.25) is 0 Å². The summed E-state index contributed by atoms with van der Waals surface area (Å²) >= 11 is 6.00. The van der Waals surface area contributed by atoms with E-state index < -0.39 is 4.92 Å². The van der Waals surface area contributed by atoms with E-state index in [1.54, 1.807) is 18.2 Å². The normalized spacial score (nSPS) is 14.6. The maximum absolute atomic E-state index is 12.1. The van der Waals surface area contributed by atoms with Gasteiger partial charge in [-0.05, 0) is 49.6 Å². The number of benzene rings is 2. The molecule has 2 N–H and O–H groups in total. The van der Waals surface area contributed by atoms with Crippen molar-refractivity contribution in [2.24, 2.45) is 0 Å². The molecule has 1 atom stereocenters. The van der Waals surface area contributed by atoms with Gasteiger partial charge in [0.1, 0.15) is 5.69 Å². The van der Waals surface area contributed by atoms with Gasteiger partial charge in [0.15, 0.2) is 0 Å². The van der Waals surface area contributed by atoms with Crippen LogP contribution in [0.15, 0.2) is 42.5 Å². The number of carbonyl (C=O) groups excluding carboxylic acids is 1. The highest BCUT2D eigenvalue weighted by Crippen LogP contribution is 2.30.